The van der Waals surface area contributed by atoms with Gasteiger partial charge in [-0.2, -0.15) is 0 Å². The predicted molar refractivity (Wildman–Crippen MR) is 43.5 cm³/mol. The van der Waals surface area contributed by atoms with E-state index in [0.29, 0.717) is 0 Å². The largest absolute Gasteiger partial charge is 0.443 e. The normalized spacial score (nSPS) is 10.7. The van der Waals surface area contributed by atoms with E-state index in [1.807, 2.05) is 26.1 Å². The molecule has 2 aromatic heterocycles. The Balaban J connectivity index is 2.82. The lowest BCUT2D eigenvalue weighted by atomic mass is 10.2. The van der Waals surface area contributed by atoms with Gasteiger partial charge in [0.05, 0.1) is 0 Å². The van der Waals surface area contributed by atoms with Gasteiger partial charge in [0.1, 0.15) is 5.76 Å². The molecular formula is C9H9NO. The third-order valence-corrected chi connectivity index (χ3v) is 1.63. The summed E-state index contributed by atoms with van der Waals surface area (Å²) in [5.41, 5.74) is 1.89. The Kier molecular flexibility index (Phi) is 1.22. The van der Waals surface area contributed by atoms with E-state index in [4.69, 9.17) is 4.42 Å². The number of aryl methyl sites for hydroxylation is 2. The molecule has 2 nitrogen and oxygen atoms in total. The zero-order valence-electron chi connectivity index (χ0n) is 6.59. The van der Waals surface area contributed by atoms with Gasteiger partial charge in [-0.3, -0.25) is 0 Å². The number of aromatic nitrogens is 1. The fourth-order valence-electron chi connectivity index (χ4n) is 1.17. The number of hydrogen-bond acceptors (Lipinski definition) is 2. The van der Waals surface area contributed by atoms with Gasteiger partial charge in [0.2, 0.25) is 5.71 Å². The van der Waals surface area contributed by atoms with Crippen LogP contribution in [0.25, 0.3) is 11.1 Å². The van der Waals surface area contributed by atoms with Crippen molar-refractivity contribution in [2.45, 2.75) is 13.8 Å². The maximum atomic E-state index is 5.31. The first kappa shape index (κ1) is 6.40. The standard InChI is InChI=1S/C9H9NO/c1-6-3-8-4-7(2)11-9(8)10-5-6/h3-5H,1-2H3. The zero-order valence-corrected chi connectivity index (χ0v) is 6.59. The molecule has 0 aliphatic heterocycles. The van der Waals surface area contributed by atoms with Gasteiger partial charge in [0.25, 0.3) is 0 Å². The topological polar surface area (TPSA) is 26.0 Å². The van der Waals surface area contributed by atoms with Gasteiger partial charge in [-0.25, -0.2) is 4.98 Å². The highest BCUT2D eigenvalue weighted by molar-refractivity contribution is 5.74. The van der Waals surface area contributed by atoms with Crippen LogP contribution in [0, 0.1) is 13.8 Å². The Morgan fingerprint density at radius 1 is 1.27 bits per heavy atom. The molecule has 0 fully saturated rings. The van der Waals surface area contributed by atoms with Crippen molar-refractivity contribution in [1.29, 1.82) is 0 Å². The summed E-state index contributed by atoms with van der Waals surface area (Å²) in [5.74, 6) is 0.915. The molecule has 0 spiro atoms. The van der Waals surface area contributed by atoms with E-state index in [0.717, 1.165) is 16.9 Å². The fraction of sp³-hybridized carbons (Fsp3) is 0.222. The first-order valence-corrected chi connectivity index (χ1v) is 3.58. The second-order valence-electron chi connectivity index (χ2n) is 2.76. The van der Waals surface area contributed by atoms with Crippen LogP contribution in [0.1, 0.15) is 11.3 Å². The Bertz CT molecular complexity index is 389. The van der Waals surface area contributed by atoms with Crippen LogP contribution in [0.4, 0.5) is 0 Å². The first-order valence-electron chi connectivity index (χ1n) is 3.58. The molecule has 0 aliphatic rings. The van der Waals surface area contributed by atoms with Crippen molar-refractivity contribution in [2.75, 3.05) is 0 Å². The van der Waals surface area contributed by atoms with E-state index < -0.39 is 0 Å². The van der Waals surface area contributed by atoms with Gasteiger partial charge >= 0.3 is 0 Å². The minimum atomic E-state index is 0.730. The SMILES string of the molecule is Cc1cnc2oc(C)cc2c1. The van der Waals surface area contributed by atoms with Crippen molar-refractivity contribution in [1.82, 2.24) is 4.98 Å². The van der Waals surface area contributed by atoms with Gasteiger partial charge in [-0.15, -0.1) is 0 Å². The fourth-order valence-corrected chi connectivity index (χ4v) is 1.17. The molecule has 0 aromatic carbocycles. The van der Waals surface area contributed by atoms with E-state index in [-0.39, 0.29) is 0 Å². The third-order valence-electron chi connectivity index (χ3n) is 1.63. The van der Waals surface area contributed by atoms with E-state index in [1.54, 1.807) is 0 Å². The van der Waals surface area contributed by atoms with Crippen LogP contribution < -0.4 is 0 Å². The molecule has 0 saturated heterocycles. The van der Waals surface area contributed by atoms with E-state index >= 15 is 0 Å². The van der Waals surface area contributed by atoms with Crippen molar-refractivity contribution >= 4 is 11.1 Å². The molecule has 0 atom stereocenters. The molecule has 2 rings (SSSR count). The summed E-state index contributed by atoms with van der Waals surface area (Å²) in [6.07, 6.45) is 1.81. The highest BCUT2D eigenvalue weighted by atomic mass is 16.3. The van der Waals surface area contributed by atoms with Crippen LogP contribution in [0.5, 0.6) is 0 Å². The zero-order chi connectivity index (χ0) is 7.84. The highest BCUT2D eigenvalue weighted by Gasteiger charge is 1.99. The number of nitrogens with zero attached hydrogens (tertiary/aromatic N) is 1. The summed E-state index contributed by atoms with van der Waals surface area (Å²) in [6, 6.07) is 4.06. The quantitative estimate of drug-likeness (QED) is 0.572. The van der Waals surface area contributed by atoms with Gasteiger partial charge in [-0.1, -0.05) is 0 Å². The summed E-state index contributed by atoms with van der Waals surface area (Å²) in [6.45, 7) is 3.95. The lowest BCUT2D eigenvalue weighted by Gasteiger charge is -1.88. The molecule has 2 aromatic rings. The van der Waals surface area contributed by atoms with Crippen molar-refractivity contribution < 1.29 is 4.42 Å². The lowest BCUT2D eigenvalue weighted by Crippen LogP contribution is -1.74. The van der Waals surface area contributed by atoms with Crippen molar-refractivity contribution in [3.63, 3.8) is 0 Å². The maximum absolute atomic E-state index is 5.31. The predicted octanol–water partition coefficient (Wildman–Crippen LogP) is 2.44. The Morgan fingerprint density at radius 3 is 2.91 bits per heavy atom. The monoisotopic (exact) mass is 147 g/mol. The third kappa shape index (κ3) is 1.00. The summed E-state index contributed by atoms with van der Waals surface area (Å²) in [4.78, 5) is 4.13. The van der Waals surface area contributed by atoms with Gasteiger partial charge in [0, 0.05) is 11.6 Å². The molecular weight excluding hydrogens is 138 g/mol. The molecule has 0 bridgehead atoms. The first-order chi connectivity index (χ1) is 5.25. The van der Waals surface area contributed by atoms with E-state index in [2.05, 4.69) is 11.1 Å². The van der Waals surface area contributed by atoms with E-state index in [9.17, 15) is 0 Å². The number of hydrogen-bond donors (Lipinski definition) is 0. The minimum absolute atomic E-state index is 0.730. The second-order valence-corrected chi connectivity index (χ2v) is 2.76. The average molecular weight is 147 g/mol. The van der Waals surface area contributed by atoms with Gasteiger partial charge in [0.15, 0.2) is 0 Å². The molecule has 11 heavy (non-hydrogen) atoms. The average Bonchev–Trinajstić information content (AvgIpc) is 2.27. The Labute approximate surface area is 64.9 Å². The number of rotatable bonds is 0. The number of fused-ring (bicyclic) bond motifs is 1. The molecule has 0 saturated carbocycles. The van der Waals surface area contributed by atoms with Crippen LogP contribution in [-0.4, -0.2) is 4.98 Å². The van der Waals surface area contributed by atoms with Crippen molar-refractivity contribution in [3.8, 4) is 0 Å². The van der Waals surface area contributed by atoms with E-state index in [1.165, 1.54) is 5.56 Å². The molecule has 56 valence electrons. The molecule has 0 amide bonds. The molecule has 0 N–H and O–H groups in total. The van der Waals surface area contributed by atoms with Crippen LogP contribution in [-0.2, 0) is 0 Å². The Morgan fingerprint density at radius 2 is 2.09 bits per heavy atom. The smallest absolute Gasteiger partial charge is 0.226 e. The Hall–Kier alpha value is -1.31. The number of furan rings is 1. The van der Waals surface area contributed by atoms with Gasteiger partial charge in [-0.05, 0) is 31.5 Å². The second kappa shape index (κ2) is 2.09. The van der Waals surface area contributed by atoms with Crippen LogP contribution >= 0.6 is 0 Å². The van der Waals surface area contributed by atoms with Gasteiger partial charge < -0.3 is 4.42 Å². The lowest BCUT2D eigenvalue weighted by molar-refractivity contribution is 0.567. The maximum Gasteiger partial charge on any atom is 0.226 e. The molecule has 0 aliphatic carbocycles. The summed E-state index contributed by atoms with van der Waals surface area (Å²) in [7, 11) is 0. The van der Waals surface area contributed by atoms with Crippen LogP contribution in [0.15, 0.2) is 22.7 Å². The van der Waals surface area contributed by atoms with Crippen molar-refractivity contribution in [3.05, 3.63) is 29.7 Å². The van der Waals surface area contributed by atoms with Crippen LogP contribution in [0.2, 0.25) is 0 Å². The number of pyridine rings is 1. The molecule has 0 radical (unpaired) electrons. The molecule has 0 unspecified atom stereocenters. The van der Waals surface area contributed by atoms with Crippen LogP contribution in [0.3, 0.4) is 0 Å². The minimum Gasteiger partial charge on any atom is -0.443 e. The van der Waals surface area contributed by atoms with Crippen molar-refractivity contribution in [2.24, 2.45) is 0 Å². The summed E-state index contributed by atoms with van der Waals surface area (Å²) < 4.78 is 5.31. The highest BCUT2D eigenvalue weighted by Crippen LogP contribution is 2.16. The molecule has 2 heteroatoms. The summed E-state index contributed by atoms with van der Waals surface area (Å²) >= 11 is 0. The molecule has 2 heterocycles. The summed E-state index contributed by atoms with van der Waals surface area (Å²) in [5, 5.41) is 1.09.